The van der Waals surface area contributed by atoms with Crippen molar-refractivity contribution >= 4 is 17.5 Å². The molecular weight excluding hydrogens is 222 g/mol. The van der Waals surface area contributed by atoms with Gasteiger partial charge in [0.15, 0.2) is 11.5 Å². The number of hydrogen-bond acceptors (Lipinski definition) is 6. The number of rotatable bonds is 3. The van der Waals surface area contributed by atoms with Gasteiger partial charge < -0.3 is 20.1 Å². The fourth-order valence-electron chi connectivity index (χ4n) is 1.63. The van der Waals surface area contributed by atoms with Gasteiger partial charge in [-0.25, -0.2) is 9.78 Å². The van der Waals surface area contributed by atoms with Gasteiger partial charge in [0.05, 0.1) is 19.4 Å². The topological polar surface area (TPSA) is 77.7 Å². The SMILES string of the molecule is COC(=O)c1ccc(N)c(N(C)[C@@H]2CCO2)n1. The van der Waals surface area contributed by atoms with Gasteiger partial charge in [0.2, 0.25) is 0 Å². The predicted octanol–water partition coefficient (Wildman–Crippen LogP) is 0.633. The number of hydrogen-bond donors (Lipinski definition) is 1. The molecule has 6 heteroatoms. The molecule has 2 rings (SSSR count). The second-order valence-corrected chi connectivity index (χ2v) is 3.83. The van der Waals surface area contributed by atoms with Crippen LogP contribution in [-0.4, -0.2) is 37.9 Å². The maximum Gasteiger partial charge on any atom is 0.356 e. The minimum atomic E-state index is -0.478. The third kappa shape index (κ3) is 2.16. The summed E-state index contributed by atoms with van der Waals surface area (Å²) in [4.78, 5) is 17.4. The van der Waals surface area contributed by atoms with Gasteiger partial charge in [0.1, 0.15) is 6.23 Å². The van der Waals surface area contributed by atoms with Crippen LogP contribution in [0.2, 0.25) is 0 Å². The number of ether oxygens (including phenoxy) is 2. The third-order valence-corrected chi connectivity index (χ3v) is 2.74. The molecule has 0 radical (unpaired) electrons. The molecule has 2 N–H and O–H groups in total. The van der Waals surface area contributed by atoms with E-state index in [1.54, 1.807) is 12.1 Å². The van der Waals surface area contributed by atoms with E-state index in [4.69, 9.17) is 10.5 Å². The second-order valence-electron chi connectivity index (χ2n) is 3.83. The number of anilines is 2. The first-order chi connectivity index (χ1) is 8.13. The van der Waals surface area contributed by atoms with Crippen LogP contribution in [0.3, 0.4) is 0 Å². The van der Waals surface area contributed by atoms with Crippen molar-refractivity contribution in [3.8, 4) is 0 Å². The maximum absolute atomic E-state index is 11.4. The van der Waals surface area contributed by atoms with E-state index in [0.717, 1.165) is 13.0 Å². The molecule has 2 heterocycles. The van der Waals surface area contributed by atoms with E-state index in [1.807, 2.05) is 11.9 Å². The predicted molar refractivity (Wildman–Crippen MR) is 62.7 cm³/mol. The summed E-state index contributed by atoms with van der Waals surface area (Å²) in [7, 11) is 3.16. The molecule has 92 valence electrons. The van der Waals surface area contributed by atoms with Crippen LogP contribution in [-0.2, 0) is 9.47 Å². The van der Waals surface area contributed by atoms with Crippen molar-refractivity contribution in [2.75, 3.05) is 31.4 Å². The Kier molecular flexibility index (Phi) is 3.14. The summed E-state index contributed by atoms with van der Waals surface area (Å²) in [5.74, 6) is 0.0618. The quantitative estimate of drug-likeness (QED) is 0.777. The molecule has 1 atom stereocenters. The number of carbonyl (C=O) groups excluding carboxylic acids is 1. The van der Waals surface area contributed by atoms with E-state index in [0.29, 0.717) is 11.5 Å². The number of methoxy groups -OCH3 is 1. The first kappa shape index (κ1) is 11.7. The van der Waals surface area contributed by atoms with E-state index < -0.39 is 5.97 Å². The molecule has 1 saturated heterocycles. The van der Waals surface area contributed by atoms with Crippen molar-refractivity contribution in [2.45, 2.75) is 12.6 Å². The number of esters is 1. The van der Waals surface area contributed by atoms with Gasteiger partial charge in [-0.1, -0.05) is 0 Å². The van der Waals surface area contributed by atoms with E-state index in [1.165, 1.54) is 7.11 Å². The van der Waals surface area contributed by atoms with Gasteiger partial charge in [-0.15, -0.1) is 0 Å². The molecule has 0 aromatic carbocycles. The van der Waals surface area contributed by atoms with Gasteiger partial charge in [-0.05, 0) is 12.1 Å². The summed E-state index contributed by atoms with van der Waals surface area (Å²) < 4.78 is 9.96. The van der Waals surface area contributed by atoms with E-state index in [-0.39, 0.29) is 11.9 Å². The largest absolute Gasteiger partial charge is 0.464 e. The van der Waals surface area contributed by atoms with Crippen LogP contribution in [0.25, 0.3) is 0 Å². The molecular formula is C11H15N3O3. The highest BCUT2D eigenvalue weighted by atomic mass is 16.5. The Labute approximate surface area is 99.3 Å². The summed E-state index contributed by atoms with van der Waals surface area (Å²) in [5, 5.41) is 0. The van der Waals surface area contributed by atoms with Crippen molar-refractivity contribution in [1.29, 1.82) is 0 Å². The highest BCUT2D eigenvalue weighted by Crippen LogP contribution is 2.26. The molecule has 0 spiro atoms. The smallest absolute Gasteiger partial charge is 0.356 e. The molecule has 1 fully saturated rings. The molecule has 1 aliphatic rings. The van der Waals surface area contributed by atoms with E-state index >= 15 is 0 Å². The first-order valence-electron chi connectivity index (χ1n) is 5.32. The van der Waals surface area contributed by atoms with Crippen molar-refractivity contribution in [2.24, 2.45) is 0 Å². The van der Waals surface area contributed by atoms with Gasteiger partial charge in [0.25, 0.3) is 0 Å². The number of nitrogen functional groups attached to an aromatic ring is 1. The van der Waals surface area contributed by atoms with Crippen LogP contribution in [0.15, 0.2) is 12.1 Å². The Morgan fingerprint density at radius 2 is 2.35 bits per heavy atom. The zero-order valence-corrected chi connectivity index (χ0v) is 9.84. The number of pyridine rings is 1. The maximum atomic E-state index is 11.4. The Bertz CT molecular complexity index is 432. The lowest BCUT2D eigenvalue weighted by molar-refractivity contribution is -0.0486. The molecule has 0 bridgehead atoms. The fraction of sp³-hybridized carbons (Fsp3) is 0.455. The standard InChI is InChI=1S/C11H15N3O3/c1-14(9-5-6-17-9)10-7(12)3-4-8(13-10)11(15)16-2/h3-4,9H,5-6,12H2,1-2H3/t9-/m0/s1. The van der Waals surface area contributed by atoms with Crippen molar-refractivity contribution < 1.29 is 14.3 Å². The number of nitrogens with two attached hydrogens (primary N) is 1. The van der Waals surface area contributed by atoms with Crippen LogP contribution < -0.4 is 10.6 Å². The molecule has 17 heavy (non-hydrogen) atoms. The second kappa shape index (κ2) is 4.58. The summed E-state index contributed by atoms with van der Waals surface area (Å²) >= 11 is 0. The van der Waals surface area contributed by atoms with Gasteiger partial charge in [0, 0.05) is 13.5 Å². The van der Waals surface area contributed by atoms with Crippen LogP contribution in [0.1, 0.15) is 16.9 Å². The van der Waals surface area contributed by atoms with E-state index in [9.17, 15) is 4.79 Å². The third-order valence-electron chi connectivity index (χ3n) is 2.74. The summed E-state index contributed by atoms with van der Waals surface area (Å²) in [6.07, 6.45) is 0.915. The van der Waals surface area contributed by atoms with Crippen molar-refractivity contribution in [3.63, 3.8) is 0 Å². The Morgan fingerprint density at radius 3 is 2.88 bits per heavy atom. The highest BCUT2D eigenvalue weighted by molar-refractivity contribution is 5.88. The average molecular weight is 237 g/mol. The molecule has 0 saturated carbocycles. The minimum Gasteiger partial charge on any atom is -0.464 e. The van der Waals surface area contributed by atoms with Crippen molar-refractivity contribution in [3.05, 3.63) is 17.8 Å². The zero-order chi connectivity index (χ0) is 12.4. The van der Waals surface area contributed by atoms with Crippen molar-refractivity contribution in [1.82, 2.24) is 4.98 Å². The number of carbonyl (C=O) groups is 1. The molecule has 1 aromatic heterocycles. The molecule has 0 unspecified atom stereocenters. The van der Waals surface area contributed by atoms with Gasteiger partial charge in [-0.2, -0.15) is 0 Å². The van der Waals surface area contributed by atoms with E-state index in [2.05, 4.69) is 9.72 Å². The van der Waals surface area contributed by atoms with Gasteiger partial charge in [-0.3, -0.25) is 0 Å². The number of aromatic nitrogens is 1. The van der Waals surface area contributed by atoms with Crippen LogP contribution >= 0.6 is 0 Å². The molecule has 1 aliphatic heterocycles. The van der Waals surface area contributed by atoms with Crippen LogP contribution in [0.4, 0.5) is 11.5 Å². The monoisotopic (exact) mass is 237 g/mol. The fourth-order valence-corrected chi connectivity index (χ4v) is 1.63. The lowest BCUT2D eigenvalue weighted by atomic mass is 10.2. The van der Waals surface area contributed by atoms with Gasteiger partial charge >= 0.3 is 5.97 Å². The molecule has 1 aromatic rings. The normalized spacial score (nSPS) is 18.4. The summed E-state index contributed by atoms with van der Waals surface area (Å²) in [6.45, 7) is 0.742. The Hall–Kier alpha value is -1.82. The Balaban J connectivity index is 2.28. The minimum absolute atomic E-state index is 0.0160. The van der Waals surface area contributed by atoms with Crippen LogP contribution in [0.5, 0.6) is 0 Å². The average Bonchev–Trinajstić information content (AvgIpc) is 2.26. The van der Waals surface area contributed by atoms with Crippen LogP contribution in [0, 0.1) is 0 Å². The lowest BCUT2D eigenvalue weighted by Crippen LogP contribution is -2.43. The number of nitrogens with zero attached hydrogens (tertiary/aromatic N) is 2. The molecule has 0 amide bonds. The summed E-state index contributed by atoms with van der Waals surface area (Å²) in [6, 6.07) is 3.18. The zero-order valence-electron chi connectivity index (χ0n) is 9.84. The first-order valence-corrected chi connectivity index (χ1v) is 5.32. The lowest BCUT2D eigenvalue weighted by Gasteiger charge is -2.35. The molecule has 0 aliphatic carbocycles. The highest BCUT2D eigenvalue weighted by Gasteiger charge is 2.25. The molecule has 6 nitrogen and oxygen atoms in total. The summed E-state index contributed by atoms with van der Waals surface area (Å²) in [5.41, 5.74) is 6.59. The Morgan fingerprint density at radius 1 is 1.65 bits per heavy atom.